The van der Waals surface area contributed by atoms with Gasteiger partial charge in [-0.2, -0.15) is 0 Å². The predicted molar refractivity (Wildman–Crippen MR) is 73.5 cm³/mol. The summed E-state index contributed by atoms with van der Waals surface area (Å²) in [5.41, 5.74) is -2.51. The summed E-state index contributed by atoms with van der Waals surface area (Å²) in [7, 11) is 0. The first-order chi connectivity index (χ1) is 9.80. The van der Waals surface area contributed by atoms with E-state index in [-0.39, 0.29) is 12.8 Å². The van der Waals surface area contributed by atoms with Gasteiger partial charge in [-0.15, -0.1) is 0 Å². The second kappa shape index (κ2) is 6.47. The molecule has 116 valence electrons. The van der Waals surface area contributed by atoms with E-state index in [2.05, 4.69) is 0 Å². The number of hydrogen-bond donors (Lipinski definition) is 1. The summed E-state index contributed by atoms with van der Waals surface area (Å²) in [6, 6.07) is 0. The minimum absolute atomic E-state index is 0.139. The molecule has 0 bridgehead atoms. The van der Waals surface area contributed by atoms with Crippen molar-refractivity contribution in [2.45, 2.75) is 39.5 Å². The van der Waals surface area contributed by atoms with Gasteiger partial charge in [0, 0.05) is 6.08 Å². The van der Waals surface area contributed by atoms with Crippen LogP contribution in [-0.4, -0.2) is 20.9 Å². The van der Waals surface area contributed by atoms with Crippen molar-refractivity contribution in [3.8, 4) is 0 Å². The Morgan fingerprint density at radius 2 is 1.95 bits per heavy atom. The second-order valence-electron chi connectivity index (χ2n) is 5.06. The van der Waals surface area contributed by atoms with Crippen molar-refractivity contribution in [3.63, 3.8) is 0 Å². The normalized spacial score (nSPS) is 25.0. The summed E-state index contributed by atoms with van der Waals surface area (Å²) in [6.45, 7) is 3.51. The lowest BCUT2D eigenvalue weighted by Gasteiger charge is -2.33. The van der Waals surface area contributed by atoms with E-state index in [1.807, 2.05) is 6.92 Å². The molecule has 1 N–H and O–H groups in total. The SMILES string of the molecule is CCCCC1(C(=O)O)C=C([N+](=O)[O-])C=C([N+](=O)[O-])C1CC. The second-order valence-corrected chi connectivity index (χ2v) is 5.06. The van der Waals surface area contributed by atoms with Gasteiger partial charge in [0.2, 0.25) is 0 Å². The third-order valence-corrected chi connectivity index (χ3v) is 3.85. The molecule has 0 aromatic carbocycles. The molecule has 0 saturated carbocycles. The first-order valence-electron chi connectivity index (χ1n) is 6.76. The highest BCUT2D eigenvalue weighted by Crippen LogP contribution is 2.46. The van der Waals surface area contributed by atoms with Crippen LogP contribution in [0.5, 0.6) is 0 Å². The molecule has 2 atom stereocenters. The van der Waals surface area contributed by atoms with Gasteiger partial charge in [0.15, 0.2) is 0 Å². The average molecular weight is 298 g/mol. The number of unbranched alkanes of at least 4 members (excludes halogenated alkanes) is 1. The zero-order valence-corrected chi connectivity index (χ0v) is 11.9. The fraction of sp³-hybridized carbons (Fsp3) is 0.615. The minimum Gasteiger partial charge on any atom is -0.481 e. The number of carbonyl (C=O) groups is 1. The molecule has 0 saturated heterocycles. The van der Waals surface area contributed by atoms with Crippen LogP contribution < -0.4 is 0 Å². The van der Waals surface area contributed by atoms with Gasteiger partial charge in [0.1, 0.15) is 5.41 Å². The first-order valence-corrected chi connectivity index (χ1v) is 6.76. The van der Waals surface area contributed by atoms with Gasteiger partial charge in [0.25, 0.3) is 11.4 Å². The Kier molecular flexibility index (Phi) is 5.17. The molecule has 0 heterocycles. The molecular weight excluding hydrogens is 280 g/mol. The zero-order valence-electron chi connectivity index (χ0n) is 11.9. The molecule has 8 heteroatoms. The Bertz CT molecular complexity index is 525. The van der Waals surface area contributed by atoms with Crippen LogP contribution in [0, 0.1) is 31.6 Å². The van der Waals surface area contributed by atoms with Crippen molar-refractivity contribution in [2.24, 2.45) is 11.3 Å². The lowest BCUT2D eigenvalue weighted by Crippen LogP contribution is -2.42. The summed E-state index contributed by atoms with van der Waals surface area (Å²) in [5.74, 6) is -2.13. The topological polar surface area (TPSA) is 124 Å². The summed E-state index contributed by atoms with van der Waals surface area (Å²) >= 11 is 0. The molecular formula is C13H18N2O6. The zero-order chi connectivity index (χ0) is 16.2. The molecule has 1 rings (SSSR count). The van der Waals surface area contributed by atoms with Crippen LogP contribution in [-0.2, 0) is 4.79 Å². The molecule has 0 spiro atoms. The van der Waals surface area contributed by atoms with Crippen LogP contribution in [0.2, 0.25) is 0 Å². The molecule has 0 aliphatic heterocycles. The number of aliphatic carboxylic acids is 1. The summed E-state index contributed by atoms with van der Waals surface area (Å²) < 4.78 is 0. The van der Waals surface area contributed by atoms with Crippen molar-refractivity contribution in [1.82, 2.24) is 0 Å². The molecule has 1 aliphatic rings. The minimum atomic E-state index is -1.59. The van der Waals surface area contributed by atoms with Gasteiger partial charge < -0.3 is 5.11 Å². The standard InChI is InChI=1S/C13H18N2O6/c1-3-5-6-13(12(16)17)8-9(14(18)19)7-11(15(20)21)10(13)4-2/h7-8,10H,3-6H2,1-2H3,(H,16,17). The number of nitro groups is 2. The van der Waals surface area contributed by atoms with Crippen LogP contribution in [0.3, 0.4) is 0 Å². The van der Waals surface area contributed by atoms with Gasteiger partial charge in [0.05, 0.1) is 21.8 Å². The van der Waals surface area contributed by atoms with Crippen LogP contribution in [0.25, 0.3) is 0 Å². The van der Waals surface area contributed by atoms with Gasteiger partial charge in [-0.05, 0) is 12.8 Å². The van der Waals surface area contributed by atoms with Gasteiger partial charge in [-0.3, -0.25) is 25.0 Å². The van der Waals surface area contributed by atoms with Crippen molar-refractivity contribution < 1.29 is 19.7 Å². The Labute approximate surface area is 121 Å². The lowest BCUT2D eigenvalue weighted by molar-refractivity contribution is -0.446. The number of rotatable bonds is 7. The van der Waals surface area contributed by atoms with E-state index in [1.54, 1.807) is 6.92 Å². The maximum absolute atomic E-state index is 11.8. The highest BCUT2D eigenvalue weighted by atomic mass is 16.6. The first kappa shape index (κ1) is 16.8. The molecule has 2 unspecified atom stereocenters. The maximum atomic E-state index is 11.8. The Balaban J connectivity index is 3.49. The smallest absolute Gasteiger partial charge is 0.314 e. The number of allylic oxidation sites excluding steroid dienone is 2. The summed E-state index contributed by atoms with van der Waals surface area (Å²) in [5, 5.41) is 31.7. The lowest BCUT2D eigenvalue weighted by atomic mass is 9.66. The van der Waals surface area contributed by atoms with E-state index in [4.69, 9.17) is 0 Å². The van der Waals surface area contributed by atoms with Crippen molar-refractivity contribution >= 4 is 5.97 Å². The largest absolute Gasteiger partial charge is 0.481 e. The molecule has 0 fully saturated rings. The number of carboxylic acids is 1. The molecule has 0 radical (unpaired) electrons. The molecule has 0 amide bonds. The Hall–Kier alpha value is -2.25. The third-order valence-electron chi connectivity index (χ3n) is 3.85. The highest BCUT2D eigenvalue weighted by Gasteiger charge is 2.52. The van der Waals surface area contributed by atoms with Crippen molar-refractivity contribution in [1.29, 1.82) is 0 Å². The van der Waals surface area contributed by atoms with Gasteiger partial charge in [-0.25, -0.2) is 0 Å². The van der Waals surface area contributed by atoms with E-state index < -0.39 is 38.5 Å². The number of carboxylic acid groups (broad SMARTS) is 1. The Morgan fingerprint density at radius 3 is 2.33 bits per heavy atom. The van der Waals surface area contributed by atoms with Crippen LogP contribution >= 0.6 is 0 Å². The molecule has 0 aromatic rings. The van der Waals surface area contributed by atoms with Crippen molar-refractivity contribution in [3.05, 3.63) is 43.8 Å². The average Bonchev–Trinajstić information content (AvgIpc) is 2.43. The van der Waals surface area contributed by atoms with E-state index in [1.165, 1.54) is 0 Å². The quantitative estimate of drug-likeness (QED) is 0.569. The van der Waals surface area contributed by atoms with E-state index in [0.29, 0.717) is 12.8 Å². The number of hydrogen-bond acceptors (Lipinski definition) is 5. The summed E-state index contributed by atoms with van der Waals surface area (Å²) in [4.78, 5) is 32.4. The fourth-order valence-electron chi connectivity index (χ4n) is 2.81. The molecule has 8 nitrogen and oxygen atoms in total. The summed E-state index contributed by atoms with van der Waals surface area (Å²) in [6.07, 6.45) is 3.54. The third kappa shape index (κ3) is 3.09. The predicted octanol–water partition coefficient (Wildman–Crippen LogP) is 2.61. The molecule has 0 aromatic heterocycles. The monoisotopic (exact) mass is 298 g/mol. The van der Waals surface area contributed by atoms with E-state index in [9.17, 15) is 30.1 Å². The van der Waals surface area contributed by atoms with Gasteiger partial charge in [-0.1, -0.05) is 26.7 Å². The molecule has 21 heavy (non-hydrogen) atoms. The molecule has 1 aliphatic carbocycles. The fourth-order valence-corrected chi connectivity index (χ4v) is 2.81. The van der Waals surface area contributed by atoms with E-state index in [0.717, 1.165) is 12.2 Å². The highest BCUT2D eigenvalue weighted by molar-refractivity contribution is 5.79. The van der Waals surface area contributed by atoms with E-state index >= 15 is 0 Å². The van der Waals surface area contributed by atoms with Crippen molar-refractivity contribution in [2.75, 3.05) is 0 Å². The Morgan fingerprint density at radius 1 is 1.33 bits per heavy atom. The van der Waals surface area contributed by atoms with Crippen LogP contribution in [0.4, 0.5) is 0 Å². The maximum Gasteiger partial charge on any atom is 0.314 e. The number of nitrogens with zero attached hydrogens (tertiary/aromatic N) is 2. The van der Waals surface area contributed by atoms with Crippen LogP contribution in [0.15, 0.2) is 23.5 Å². The van der Waals surface area contributed by atoms with Crippen LogP contribution in [0.1, 0.15) is 39.5 Å². The van der Waals surface area contributed by atoms with Gasteiger partial charge >= 0.3 is 5.97 Å².